The van der Waals surface area contributed by atoms with Gasteiger partial charge in [0.25, 0.3) is 0 Å². The van der Waals surface area contributed by atoms with E-state index in [1.807, 2.05) is 31.2 Å². The van der Waals surface area contributed by atoms with E-state index in [1.165, 1.54) is 4.31 Å². The predicted molar refractivity (Wildman–Crippen MR) is 104 cm³/mol. The lowest BCUT2D eigenvalue weighted by Gasteiger charge is -2.31. The molecule has 0 bridgehead atoms. The summed E-state index contributed by atoms with van der Waals surface area (Å²) >= 11 is 0. The highest BCUT2D eigenvalue weighted by Gasteiger charge is 2.36. The van der Waals surface area contributed by atoms with Crippen LogP contribution < -0.4 is 10.2 Å². The Labute approximate surface area is 160 Å². The fourth-order valence-electron chi connectivity index (χ4n) is 3.64. The first-order chi connectivity index (χ1) is 12.8. The van der Waals surface area contributed by atoms with Gasteiger partial charge in [0.05, 0.1) is 11.7 Å². The van der Waals surface area contributed by atoms with Crippen LogP contribution in [0, 0.1) is 12.8 Å². The first-order valence-electron chi connectivity index (χ1n) is 9.45. The van der Waals surface area contributed by atoms with Gasteiger partial charge >= 0.3 is 0 Å². The van der Waals surface area contributed by atoms with Gasteiger partial charge in [0, 0.05) is 37.8 Å². The van der Waals surface area contributed by atoms with Crippen molar-refractivity contribution in [2.24, 2.45) is 5.92 Å². The second-order valence-electron chi connectivity index (χ2n) is 7.32. The molecule has 2 aliphatic heterocycles. The number of nitrogens with one attached hydrogen (secondary N) is 1. The number of carbonyl (C=O) groups is 2. The van der Waals surface area contributed by atoms with E-state index in [4.69, 9.17) is 0 Å². The van der Waals surface area contributed by atoms with Crippen LogP contribution in [-0.2, 0) is 19.6 Å². The molecule has 7 nitrogen and oxygen atoms in total. The van der Waals surface area contributed by atoms with Crippen LogP contribution in [0.25, 0.3) is 0 Å². The van der Waals surface area contributed by atoms with Crippen molar-refractivity contribution in [3.05, 3.63) is 29.8 Å². The van der Waals surface area contributed by atoms with E-state index in [-0.39, 0.29) is 35.9 Å². The number of amides is 2. The van der Waals surface area contributed by atoms with E-state index in [0.717, 1.165) is 11.3 Å². The average Bonchev–Trinajstić information content (AvgIpc) is 3.05. The zero-order valence-corrected chi connectivity index (χ0v) is 16.7. The molecule has 1 N–H and O–H groups in total. The first kappa shape index (κ1) is 19.8. The zero-order valence-electron chi connectivity index (χ0n) is 15.8. The Hall–Kier alpha value is -1.93. The molecule has 1 atom stereocenters. The SMILES string of the molecule is CCS(=O)(=O)N1CCC(NC(=O)[C@H]2CC(=O)N(c3ccc(C)cc3)C2)CC1. The van der Waals surface area contributed by atoms with Crippen molar-refractivity contribution in [1.82, 2.24) is 9.62 Å². The Kier molecular flexibility index (Phi) is 5.86. The molecule has 0 aromatic heterocycles. The molecule has 2 heterocycles. The van der Waals surface area contributed by atoms with Crippen LogP contribution in [0.15, 0.2) is 24.3 Å². The minimum Gasteiger partial charge on any atom is -0.353 e. The monoisotopic (exact) mass is 393 g/mol. The van der Waals surface area contributed by atoms with Crippen LogP contribution in [0.1, 0.15) is 31.7 Å². The molecule has 0 unspecified atom stereocenters. The van der Waals surface area contributed by atoms with Crippen molar-refractivity contribution in [3.63, 3.8) is 0 Å². The third kappa shape index (κ3) is 4.50. The van der Waals surface area contributed by atoms with Gasteiger partial charge in [-0.05, 0) is 38.8 Å². The third-order valence-corrected chi connectivity index (χ3v) is 7.28. The Morgan fingerprint density at radius 1 is 1.19 bits per heavy atom. The standard InChI is InChI=1S/C19H27N3O4S/c1-3-27(25,26)21-10-8-16(9-11-21)20-19(24)15-12-18(23)22(13-15)17-6-4-14(2)5-7-17/h4-7,15-16H,3,8-13H2,1-2H3,(H,20,24)/t15-/m0/s1. The van der Waals surface area contributed by atoms with Crippen molar-refractivity contribution in [1.29, 1.82) is 0 Å². The fourth-order valence-corrected chi connectivity index (χ4v) is 4.77. The van der Waals surface area contributed by atoms with E-state index < -0.39 is 10.0 Å². The van der Waals surface area contributed by atoms with Crippen molar-refractivity contribution >= 4 is 27.5 Å². The Morgan fingerprint density at radius 3 is 2.41 bits per heavy atom. The van der Waals surface area contributed by atoms with E-state index in [9.17, 15) is 18.0 Å². The molecule has 0 radical (unpaired) electrons. The molecule has 148 valence electrons. The molecule has 0 spiro atoms. The number of hydrogen-bond acceptors (Lipinski definition) is 4. The quantitative estimate of drug-likeness (QED) is 0.816. The van der Waals surface area contributed by atoms with E-state index in [0.29, 0.717) is 32.5 Å². The molecule has 1 aromatic rings. The molecule has 1 aromatic carbocycles. The van der Waals surface area contributed by atoms with E-state index >= 15 is 0 Å². The maximum atomic E-state index is 12.6. The third-order valence-electron chi connectivity index (χ3n) is 5.40. The van der Waals surface area contributed by atoms with Gasteiger partial charge in [-0.25, -0.2) is 12.7 Å². The van der Waals surface area contributed by atoms with Gasteiger partial charge < -0.3 is 10.2 Å². The second kappa shape index (κ2) is 7.98. The van der Waals surface area contributed by atoms with Crippen LogP contribution >= 0.6 is 0 Å². The number of benzene rings is 1. The number of aryl methyl sites for hydroxylation is 1. The lowest BCUT2D eigenvalue weighted by molar-refractivity contribution is -0.127. The number of piperidine rings is 1. The molecule has 2 saturated heterocycles. The summed E-state index contributed by atoms with van der Waals surface area (Å²) in [6.07, 6.45) is 1.42. The van der Waals surface area contributed by atoms with Crippen molar-refractivity contribution < 1.29 is 18.0 Å². The zero-order chi connectivity index (χ0) is 19.6. The number of carbonyl (C=O) groups excluding carboxylic acids is 2. The number of hydrogen-bond donors (Lipinski definition) is 1. The molecule has 3 rings (SSSR count). The Bertz CT molecular complexity index is 799. The summed E-state index contributed by atoms with van der Waals surface area (Å²) in [7, 11) is -3.17. The summed E-state index contributed by atoms with van der Waals surface area (Å²) in [5, 5.41) is 3.01. The highest BCUT2D eigenvalue weighted by molar-refractivity contribution is 7.89. The molecular weight excluding hydrogens is 366 g/mol. The molecular formula is C19H27N3O4S. The predicted octanol–water partition coefficient (Wildman–Crippen LogP) is 1.28. The summed E-state index contributed by atoms with van der Waals surface area (Å²) < 4.78 is 25.3. The van der Waals surface area contributed by atoms with Crippen LogP contribution in [0.3, 0.4) is 0 Å². The average molecular weight is 394 g/mol. The van der Waals surface area contributed by atoms with Gasteiger partial charge in [0.1, 0.15) is 0 Å². The topological polar surface area (TPSA) is 86.8 Å². The number of sulfonamides is 1. The van der Waals surface area contributed by atoms with E-state index in [1.54, 1.807) is 11.8 Å². The van der Waals surface area contributed by atoms with Crippen LogP contribution in [0.5, 0.6) is 0 Å². The Morgan fingerprint density at radius 2 is 1.81 bits per heavy atom. The van der Waals surface area contributed by atoms with Crippen LogP contribution in [0.4, 0.5) is 5.69 Å². The molecule has 0 saturated carbocycles. The summed E-state index contributed by atoms with van der Waals surface area (Å²) in [6.45, 7) is 4.88. The fraction of sp³-hybridized carbons (Fsp3) is 0.579. The van der Waals surface area contributed by atoms with Crippen LogP contribution in [0.2, 0.25) is 0 Å². The van der Waals surface area contributed by atoms with Crippen molar-refractivity contribution in [2.45, 2.75) is 39.2 Å². The maximum Gasteiger partial charge on any atom is 0.227 e. The number of nitrogens with zero attached hydrogens (tertiary/aromatic N) is 2. The minimum absolute atomic E-state index is 0.0377. The molecule has 2 fully saturated rings. The van der Waals surface area contributed by atoms with Gasteiger partial charge in [-0.3, -0.25) is 9.59 Å². The van der Waals surface area contributed by atoms with Gasteiger partial charge in [0.2, 0.25) is 21.8 Å². The first-order valence-corrected chi connectivity index (χ1v) is 11.1. The van der Waals surface area contributed by atoms with E-state index in [2.05, 4.69) is 5.32 Å². The Balaban J connectivity index is 1.54. The molecule has 27 heavy (non-hydrogen) atoms. The summed E-state index contributed by atoms with van der Waals surface area (Å²) in [5.74, 6) is -0.419. The molecule has 8 heteroatoms. The van der Waals surface area contributed by atoms with Crippen LogP contribution in [-0.4, -0.2) is 56.0 Å². The number of rotatable bonds is 5. The van der Waals surface area contributed by atoms with Gasteiger partial charge in [-0.15, -0.1) is 0 Å². The van der Waals surface area contributed by atoms with Crippen molar-refractivity contribution in [2.75, 3.05) is 30.3 Å². The summed E-state index contributed by atoms with van der Waals surface area (Å²) in [4.78, 5) is 26.6. The molecule has 2 amide bonds. The molecule has 2 aliphatic rings. The minimum atomic E-state index is -3.17. The summed E-state index contributed by atoms with van der Waals surface area (Å²) in [6, 6.07) is 7.67. The second-order valence-corrected chi connectivity index (χ2v) is 9.58. The lowest BCUT2D eigenvalue weighted by Crippen LogP contribution is -2.48. The smallest absolute Gasteiger partial charge is 0.227 e. The van der Waals surface area contributed by atoms with Gasteiger partial charge in [0.15, 0.2) is 0 Å². The highest BCUT2D eigenvalue weighted by atomic mass is 32.2. The van der Waals surface area contributed by atoms with Gasteiger partial charge in [-0.2, -0.15) is 0 Å². The summed E-state index contributed by atoms with van der Waals surface area (Å²) in [5.41, 5.74) is 1.94. The van der Waals surface area contributed by atoms with Crippen molar-refractivity contribution in [3.8, 4) is 0 Å². The number of anilines is 1. The largest absolute Gasteiger partial charge is 0.353 e. The van der Waals surface area contributed by atoms with Gasteiger partial charge in [-0.1, -0.05) is 17.7 Å². The lowest BCUT2D eigenvalue weighted by atomic mass is 10.0. The molecule has 0 aliphatic carbocycles. The normalized spacial score (nSPS) is 22.2. The highest BCUT2D eigenvalue weighted by Crippen LogP contribution is 2.26. The maximum absolute atomic E-state index is 12.6.